The molecule has 1 aromatic rings. The third-order valence-corrected chi connectivity index (χ3v) is 3.91. The first-order valence-electron chi connectivity index (χ1n) is 6.25. The molecule has 3 rings (SSSR count). The van der Waals surface area contributed by atoms with E-state index in [1.165, 1.54) is 17.8 Å². The number of piperidine rings is 1. The number of hydrogen-bond donors (Lipinski definition) is 0. The standard InChI is InChI=1S/C14H15FN2O/c1-9-6-10-2-3-11(7-9)17(10)14(18)12-4-5-16-8-13(12)15/h4-5,8,10-11H,1-3,6-7H2. The molecule has 2 aliphatic rings. The lowest BCUT2D eigenvalue weighted by Gasteiger charge is -2.36. The number of rotatable bonds is 1. The maximum Gasteiger partial charge on any atom is 0.257 e. The average molecular weight is 246 g/mol. The number of aromatic nitrogens is 1. The van der Waals surface area contributed by atoms with Crippen molar-refractivity contribution in [2.75, 3.05) is 0 Å². The third kappa shape index (κ3) is 1.72. The Morgan fingerprint density at radius 2 is 2.06 bits per heavy atom. The van der Waals surface area contributed by atoms with Crippen molar-refractivity contribution in [2.45, 2.75) is 37.8 Å². The quantitative estimate of drug-likeness (QED) is 0.713. The lowest BCUT2D eigenvalue weighted by atomic mass is 9.97. The molecule has 94 valence electrons. The molecule has 0 spiro atoms. The van der Waals surface area contributed by atoms with E-state index in [9.17, 15) is 9.18 Å². The van der Waals surface area contributed by atoms with Gasteiger partial charge < -0.3 is 4.90 Å². The Morgan fingerprint density at radius 3 is 2.67 bits per heavy atom. The maximum atomic E-state index is 13.6. The summed E-state index contributed by atoms with van der Waals surface area (Å²) >= 11 is 0. The van der Waals surface area contributed by atoms with Crippen molar-refractivity contribution in [2.24, 2.45) is 0 Å². The molecular weight excluding hydrogens is 231 g/mol. The highest BCUT2D eigenvalue weighted by molar-refractivity contribution is 5.95. The third-order valence-electron chi connectivity index (χ3n) is 3.91. The Morgan fingerprint density at radius 1 is 1.39 bits per heavy atom. The number of fused-ring (bicyclic) bond motifs is 2. The Kier molecular flexibility index (Phi) is 2.65. The van der Waals surface area contributed by atoms with Crippen molar-refractivity contribution in [3.63, 3.8) is 0 Å². The number of hydrogen-bond acceptors (Lipinski definition) is 2. The second-order valence-electron chi connectivity index (χ2n) is 5.11. The van der Waals surface area contributed by atoms with Gasteiger partial charge >= 0.3 is 0 Å². The maximum absolute atomic E-state index is 13.6. The van der Waals surface area contributed by atoms with Crippen LogP contribution in [0.5, 0.6) is 0 Å². The fraction of sp³-hybridized carbons (Fsp3) is 0.429. The van der Waals surface area contributed by atoms with Crippen LogP contribution in [0, 0.1) is 5.82 Å². The molecule has 4 heteroatoms. The Hall–Kier alpha value is -1.71. The van der Waals surface area contributed by atoms with Gasteiger partial charge in [-0.05, 0) is 31.7 Å². The molecule has 1 aromatic heterocycles. The molecule has 2 atom stereocenters. The highest BCUT2D eigenvalue weighted by atomic mass is 19.1. The number of amides is 1. The first kappa shape index (κ1) is 11.4. The second-order valence-corrected chi connectivity index (χ2v) is 5.11. The van der Waals surface area contributed by atoms with E-state index in [2.05, 4.69) is 11.6 Å². The summed E-state index contributed by atoms with van der Waals surface area (Å²) < 4.78 is 13.6. The molecule has 2 unspecified atom stereocenters. The van der Waals surface area contributed by atoms with Gasteiger partial charge in [0, 0.05) is 18.3 Å². The van der Waals surface area contributed by atoms with Gasteiger partial charge in [-0.15, -0.1) is 0 Å². The van der Waals surface area contributed by atoms with Gasteiger partial charge in [-0.25, -0.2) is 4.39 Å². The fourth-order valence-electron chi connectivity index (χ4n) is 3.13. The molecule has 0 aliphatic carbocycles. The first-order chi connectivity index (χ1) is 8.66. The van der Waals surface area contributed by atoms with Gasteiger partial charge in [0.1, 0.15) is 0 Å². The molecule has 18 heavy (non-hydrogen) atoms. The zero-order valence-electron chi connectivity index (χ0n) is 10.1. The van der Waals surface area contributed by atoms with Crippen molar-refractivity contribution in [3.05, 3.63) is 42.0 Å². The van der Waals surface area contributed by atoms with Crippen LogP contribution < -0.4 is 0 Å². The summed E-state index contributed by atoms with van der Waals surface area (Å²) in [5.74, 6) is -0.735. The van der Waals surface area contributed by atoms with Crippen LogP contribution in [0.1, 0.15) is 36.0 Å². The SMILES string of the molecule is C=C1CC2CCC(C1)N2C(=O)c1ccncc1F. The normalized spacial score (nSPS) is 26.5. The predicted molar refractivity (Wildman–Crippen MR) is 65.5 cm³/mol. The van der Waals surface area contributed by atoms with Crippen LogP contribution in [-0.2, 0) is 0 Å². The van der Waals surface area contributed by atoms with E-state index < -0.39 is 5.82 Å². The van der Waals surface area contributed by atoms with Gasteiger partial charge in [0.15, 0.2) is 5.82 Å². The molecule has 1 amide bonds. The molecule has 3 heterocycles. The van der Waals surface area contributed by atoms with Crippen molar-refractivity contribution >= 4 is 5.91 Å². The lowest BCUT2D eigenvalue weighted by molar-refractivity contribution is 0.0630. The largest absolute Gasteiger partial charge is 0.332 e. The Bertz CT molecular complexity index is 498. The van der Waals surface area contributed by atoms with Gasteiger partial charge in [0.25, 0.3) is 5.91 Å². The van der Waals surface area contributed by atoms with Crippen LogP contribution >= 0.6 is 0 Å². The number of carbonyl (C=O) groups is 1. The molecule has 2 aliphatic heterocycles. The van der Waals surface area contributed by atoms with Crippen molar-refractivity contribution in [3.8, 4) is 0 Å². The summed E-state index contributed by atoms with van der Waals surface area (Å²) in [6, 6.07) is 1.87. The molecule has 3 nitrogen and oxygen atoms in total. The van der Waals surface area contributed by atoms with E-state index in [4.69, 9.17) is 0 Å². The fourth-order valence-corrected chi connectivity index (χ4v) is 3.13. The number of halogens is 1. The molecule has 2 saturated heterocycles. The molecule has 2 bridgehead atoms. The number of carbonyl (C=O) groups excluding carboxylic acids is 1. The van der Waals surface area contributed by atoms with Gasteiger partial charge in [0.05, 0.1) is 11.8 Å². The monoisotopic (exact) mass is 246 g/mol. The number of pyridine rings is 1. The van der Waals surface area contributed by atoms with E-state index in [1.807, 2.05) is 4.90 Å². The lowest BCUT2D eigenvalue weighted by Crippen LogP contribution is -2.44. The zero-order valence-corrected chi connectivity index (χ0v) is 10.1. The van der Waals surface area contributed by atoms with Crippen molar-refractivity contribution in [1.82, 2.24) is 9.88 Å². The summed E-state index contributed by atoms with van der Waals surface area (Å²) in [5, 5.41) is 0. The summed E-state index contributed by atoms with van der Waals surface area (Å²) in [4.78, 5) is 17.9. The number of nitrogens with zero attached hydrogens (tertiary/aromatic N) is 2. The highest BCUT2D eigenvalue weighted by Crippen LogP contribution is 2.38. The van der Waals surface area contributed by atoms with Crippen LogP contribution in [0.15, 0.2) is 30.6 Å². The summed E-state index contributed by atoms with van der Waals surface area (Å²) in [7, 11) is 0. The van der Waals surface area contributed by atoms with Gasteiger partial charge in [0.2, 0.25) is 0 Å². The summed E-state index contributed by atoms with van der Waals surface area (Å²) in [6.07, 6.45) is 6.27. The van der Waals surface area contributed by atoms with Gasteiger partial charge in [-0.3, -0.25) is 9.78 Å². The minimum atomic E-state index is -0.536. The van der Waals surface area contributed by atoms with Crippen molar-refractivity contribution in [1.29, 1.82) is 0 Å². The van der Waals surface area contributed by atoms with E-state index >= 15 is 0 Å². The highest BCUT2D eigenvalue weighted by Gasteiger charge is 2.41. The van der Waals surface area contributed by atoms with Crippen LogP contribution in [0.4, 0.5) is 4.39 Å². The average Bonchev–Trinajstić information content (AvgIpc) is 2.61. The van der Waals surface area contributed by atoms with E-state index in [-0.39, 0.29) is 23.6 Å². The van der Waals surface area contributed by atoms with E-state index in [1.54, 1.807) is 0 Å². The van der Waals surface area contributed by atoms with E-state index in [0.717, 1.165) is 31.9 Å². The minimum absolute atomic E-state index is 0.134. The van der Waals surface area contributed by atoms with Crippen LogP contribution in [0.2, 0.25) is 0 Å². The first-order valence-corrected chi connectivity index (χ1v) is 6.25. The van der Waals surface area contributed by atoms with Crippen LogP contribution in [0.25, 0.3) is 0 Å². The summed E-state index contributed by atoms with van der Waals surface area (Å²) in [6.45, 7) is 4.02. The molecule has 0 radical (unpaired) electrons. The molecule has 0 saturated carbocycles. The van der Waals surface area contributed by atoms with Crippen LogP contribution in [-0.4, -0.2) is 27.9 Å². The molecule has 0 N–H and O–H groups in total. The second kappa shape index (κ2) is 4.19. The molecular formula is C14H15FN2O. The molecule has 2 fully saturated rings. The Labute approximate surface area is 105 Å². The van der Waals surface area contributed by atoms with E-state index in [0.29, 0.717) is 0 Å². The smallest absolute Gasteiger partial charge is 0.257 e. The minimum Gasteiger partial charge on any atom is -0.332 e. The Balaban J connectivity index is 1.90. The topological polar surface area (TPSA) is 33.2 Å². The van der Waals surface area contributed by atoms with Gasteiger partial charge in [-0.2, -0.15) is 0 Å². The van der Waals surface area contributed by atoms with Gasteiger partial charge in [-0.1, -0.05) is 12.2 Å². The van der Waals surface area contributed by atoms with Crippen LogP contribution in [0.3, 0.4) is 0 Å². The molecule has 0 aromatic carbocycles. The summed E-state index contributed by atoms with van der Waals surface area (Å²) in [5.41, 5.74) is 1.34. The van der Waals surface area contributed by atoms with Crippen molar-refractivity contribution < 1.29 is 9.18 Å². The zero-order chi connectivity index (χ0) is 12.7. The predicted octanol–water partition coefficient (Wildman–Crippen LogP) is 2.54.